The van der Waals surface area contributed by atoms with Crippen molar-refractivity contribution in [2.24, 2.45) is 11.3 Å². The van der Waals surface area contributed by atoms with Crippen LogP contribution < -0.4 is 20.3 Å². The first-order chi connectivity index (χ1) is 13.8. The number of aromatic nitrogens is 2. The van der Waals surface area contributed by atoms with Gasteiger partial charge in [-0.3, -0.25) is 14.2 Å². The standard InChI is InChI=1S/C21H29N3O5/c1-21(2,3)20(26)29-13-24-12-23-16-10-18(17(27-4)9-15(16)19(24)25)28-11-14-5-7-22-8-6-14/h9-10,12,14,22H,5-8,11,13H2,1-4H3. The van der Waals surface area contributed by atoms with E-state index in [0.29, 0.717) is 34.9 Å². The molecule has 0 spiro atoms. The van der Waals surface area contributed by atoms with E-state index in [9.17, 15) is 9.59 Å². The van der Waals surface area contributed by atoms with Crippen molar-refractivity contribution < 1.29 is 19.0 Å². The fraction of sp³-hybridized carbons (Fsp3) is 0.571. The lowest BCUT2D eigenvalue weighted by Crippen LogP contribution is -2.30. The number of rotatable bonds is 6. The molecule has 1 aliphatic rings. The average molecular weight is 403 g/mol. The fourth-order valence-corrected chi connectivity index (χ4v) is 3.13. The molecule has 1 aromatic heterocycles. The molecule has 3 rings (SSSR count). The molecule has 2 heterocycles. The number of methoxy groups -OCH3 is 1. The molecule has 1 aromatic carbocycles. The van der Waals surface area contributed by atoms with Crippen LogP contribution in [0.15, 0.2) is 23.3 Å². The highest BCUT2D eigenvalue weighted by Gasteiger charge is 2.23. The normalized spacial score (nSPS) is 15.3. The van der Waals surface area contributed by atoms with Crippen LogP contribution in [0.2, 0.25) is 0 Å². The molecule has 158 valence electrons. The van der Waals surface area contributed by atoms with E-state index < -0.39 is 5.41 Å². The number of ether oxygens (including phenoxy) is 3. The Kier molecular flexibility index (Phi) is 6.42. The number of benzene rings is 1. The van der Waals surface area contributed by atoms with Crippen molar-refractivity contribution in [3.05, 3.63) is 28.8 Å². The molecule has 1 saturated heterocycles. The molecule has 8 heteroatoms. The Bertz CT molecular complexity index is 926. The third-order valence-corrected chi connectivity index (χ3v) is 4.99. The lowest BCUT2D eigenvalue weighted by molar-refractivity contribution is -0.157. The minimum Gasteiger partial charge on any atom is -0.493 e. The summed E-state index contributed by atoms with van der Waals surface area (Å²) in [4.78, 5) is 29.1. The quantitative estimate of drug-likeness (QED) is 0.740. The number of piperidine rings is 1. The lowest BCUT2D eigenvalue weighted by atomic mass is 9.98. The largest absolute Gasteiger partial charge is 0.493 e. The van der Waals surface area contributed by atoms with Crippen LogP contribution >= 0.6 is 0 Å². The minimum atomic E-state index is -0.641. The van der Waals surface area contributed by atoms with Gasteiger partial charge in [-0.15, -0.1) is 0 Å². The molecule has 1 aliphatic heterocycles. The number of nitrogens with zero attached hydrogens (tertiary/aromatic N) is 2. The Morgan fingerprint density at radius 1 is 1.24 bits per heavy atom. The molecular formula is C21H29N3O5. The summed E-state index contributed by atoms with van der Waals surface area (Å²) in [7, 11) is 1.54. The molecule has 2 aromatic rings. The maximum absolute atomic E-state index is 12.8. The van der Waals surface area contributed by atoms with Crippen molar-refractivity contribution >= 4 is 16.9 Å². The fourth-order valence-electron chi connectivity index (χ4n) is 3.13. The van der Waals surface area contributed by atoms with Crippen molar-refractivity contribution in [3.63, 3.8) is 0 Å². The summed E-state index contributed by atoms with van der Waals surface area (Å²) in [6, 6.07) is 3.35. The zero-order valence-corrected chi connectivity index (χ0v) is 17.5. The summed E-state index contributed by atoms with van der Waals surface area (Å²) in [6.45, 7) is 7.69. The number of carbonyl (C=O) groups excluding carboxylic acids is 1. The summed E-state index contributed by atoms with van der Waals surface area (Å²) in [6.07, 6.45) is 3.53. The SMILES string of the molecule is COc1cc2c(=O)n(COC(=O)C(C)(C)C)cnc2cc1OCC1CCNCC1. The zero-order valence-electron chi connectivity index (χ0n) is 17.5. The van der Waals surface area contributed by atoms with Crippen molar-refractivity contribution in [3.8, 4) is 11.5 Å². The second-order valence-corrected chi connectivity index (χ2v) is 8.36. The molecule has 0 bridgehead atoms. The van der Waals surface area contributed by atoms with Gasteiger partial charge in [0.15, 0.2) is 18.2 Å². The van der Waals surface area contributed by atoms with Gasteiger partial charge >= 0.3 is 5.97 Å². The molecule has 8 nitrogen and oxygen atoms in total. The second-order valence-electron chi connectivity index (χ2n) is 8.36. The summed E-state index contributed by atoms with van der Waals surface area (Å²) < 4.78 is 17.9. The van der Waals surface area contributed by atoms with Gasteiger partial charge in [-0.2, -0.15) is 0 Å². The van der Waals surface area contributed by atoms with E-state index in [1.165, 1.54) is 10.9 Å². The molecule has 0 amide bonds. The van der Waals surface area contributed by atoms with Crippen LogP contribution in [0.25, 0.3) is 10.9 Å². The van der Waals surface area contributed by atoms with Gasteiger partial charge in [0.25, 0.3) is 5.56 Å². The molecule has 0 saturated carbocycles. The number of carbonyl (C=O) groups is 1. The predicted octanol–water partition coefficient (Wildman–Crippen LogP) is 2.33. The van der Waals surface area contributed by atoms with Crippen LogP contribution in [0.1, 0.15) is 33.6 Å². The van der Waals surface area contributed by atoms with Gasteiger partial charge < -0.3 is 19.5 Å². The van der Waals surface area contributed by atoms with E-state index in [2.05, 4.69) is 10.3 Å². The van der Waals surface area contributed by atoms with E-state index in [4.69, 9.17) is 14.2 Å². The van der Waals surface area contributed by atoms with Crippen LogP contribution in [0.5, 0.6) is 11.5 Å². The monoisotopic (exact) mass is 403 g/mol. The first kappa shape index (κ1) is 21.1. The number of hydrogen-bond donors (Lipinski definition) is 1. The van der Waals surface area contributed by atoms with E-state index in [1.807, 2.05) is 0 Å². The zero-order chi connectivity index (χ0) is 21.0. The van der Waals surface area contributed by atoms with Crippen LogP contribution in [-0.2, 0) is 16.3 Å². The van der Waals surface area contributed by atoms with Crippen LogP contribution in [0.4, 0.5) is 0 Å². The highest BCUT2D eigenvalue weighted by molar-refractivity contribution is 5.81. The summed E-state index contributed by atoms with van der Waals surface area (Å²) in [5, 5.41) is 3.72. The minimum absolute atomic E-state index is 0.186. The van der Waals surface area contributed by atoms with Crippen LogP contribution in [0.3, 0.4) is 0 Å². The van der Waals surface area contributed by atoms with Crippen molar-refractivity contribution in [1.82, 2.24) is 14.9 Å². The number of nitrogens with one attached hydrogen (secondary N) is 1. The Hall–Kier alpha value is -2.61. The average Bonchev–Trinajstić information content (AvgIpc) is 2.71. The van der Waals surface area contributed by atoms with E-state index >= 15 is 0 Å². The first-order valence-electron chi connectivity index (χ1n) is 9.87. The summed E-state index contributed by atoms with van der Waals surface area (Å²) >= 11 is 0. The molecular weight excluding hydrogens is 374 g/mol. The highest BCUT2D eigenvalue weighted by atomic mass is 16.5. The number of hydrogen-bond acceptors (Lipinski definition) is 7. The topological polar surface area (TPSA) is 91.7 Å². The Morgan fingerprint density at radius 2 is 1.97 bits per heavy atom. The van der Waals surface area contributed by atoms with Crippen molar-refractivity contribution in [1.29, 1.82) is 0 Å². The molecule has 0 radical (unpaired) electrons. The molecule has 0 unspecified atom stereocenters. The van der Waals surface area contributed by atoms with Crippen LogP contribution in [-0.4, -0.2) is 42.3 Å². The third-order valence-electron chi connectivity index (χ3n) is 4.99. The van der Waals surface area contributed by atoms with E-state index in [-0.39, 0.29) is 18.3 Å². The second kappa shape index (κ2) is 8.82. The molecule has 0 atom stereocenters. The van der Waals surface area contributed by atoms with E-state index in [1.54, 1.807) is 40.0 Å². The molecule has 29 heavy (non-hydrogen) atoms. The Morgan fingerprint density at radius 3 is 2.62 bits per heavy atom. The van der Waals surface area contributed by atoms with Crippen LogP contribution in [0, 0.1) is 11.3 Å². The molecule has 1 fully saturated rings. The van der Waals surface area contributed by atoms with Crippen molar-refractivity contribution in [2.45, 2.75) is 40.3 Å². The Labute approximate surface area is 170 Å². The number of fused-ring (bicyclic) bond motifs is 1. The third kappa shape index (κ3) is 5.06. The number of esters is 1. The first-order valence-corrected chi connectivity index (χ1v) is 9.87. The van der Waals surface area contributed by atoms with Gasteiger partial charge in [0, 0.05) is 6.07 Å². The van der Waals surface area contributed by atoms with Gasteiger partial charge in [0.05, 0.1) is 30.0 Å². The highest BCUT2D eigenvalue weighted by Crippen LogP contribution is 2.31. The maximum atomic E-state index is 12.8. The van der Waals surface area contributed by atoms with Gasteiger partial charge in [-0.25, -0.2) is 4.98 Å². The Balaban J connectivity index is 1.80. The summed E-state index contributed by atoms with van der Waals surface area (Å²) in [5.74, 6) is 1.16. The maximum Gasteiger partial charge on any atom is 0.312 e. The van der Waals surface area contributed by atoms with E-state index in [0.717, 1.165) is 25.9 Å². The summed E-state index contributed by atoms with van der Waals surface area (Å²) in [5.41, 5.74) is -0.438. The lowest BCUT2D eigenvalue weighted by Gasteiger charge is -2.23. The van der Waals surface area contributed by atoms with Crippen molar-refractivity contribution in [2.75, 3.05) is 26.8 Å². The molecule has 1 N–H and O–H groups in total. The molecule has 0 aliphatic carbocycles. The van der Waals surface area contributed by atoms with Gasteiger partial charge in [-0.1, -0.05) is 0 Å². The van der Waals surface area contributed by atoms with Gasteiger partial charge in [-0.05, 0) is 58.7 Å². The van der Waals surface area contributed by atoms with Gasteiger partial charge in [0.2, 0.25) is 0 Å². The predicted molar refractivity (Wildman–Crippen MR) is 109 cm³/mol. The smallest absolute Gasteiger partial charge is 0.312 e. The van der Waals surface area contributed by atoms with Gasteiger partial charge in [0.1, 0.15) is 6.33 Å².